The Bertz CT molecular complexity index is 1100. The van der Waals surface area contributed by atoms with Crippen LogP contribution in [0.15, 0.2) is 48.5 Å². The first-order valence-electron chi connectivity index (χ1n) is 11.7. The molecule has 0 spiro atoms. The Morgan fingerprint density at radius 2 is 1.67 bits per heavy atom. The van der Waals surface area contributed by atoms with Crippen LogP contribution in [-0.4, -0.2) is 42.8 Å². The fraction of sp³-hybridized carbons (Fsp3) is 0.407. The molecule has 9 heteroatoms. The molecule has 0 aliphatic heterocycles. The van der Waals surface area contributed by atoms with Gasteiger partial charge in [-0.3, -0.25) is 4.79 Å². The van der Waals surface area contributed by atoms with Crippen molar-refractivity contribution in [2.45, 2.75) is 52.7 Å². The lowest BCUT2D eigenvalue weighted by Crippen LogP contribution is -2.40. The number of esters is 2. The molecule has 0 atom stereocenters. The van der Waals surface area contributed by atoms with Gasteiger partial charge in [-0.25, -0.2) is 19.3 Å². The van der Waals surface area contributed by atoms with Gasteiger partial charge in [-0.05, 0) is 63.3 Å². The first kappa shape index (κ1) is 26.7. The van der Waals surface area contributed by atoms with Crippen LogP contribution in [0.2, 0.25) is 0 Å². The second-order valence-electron chi connectivity index (χ2n) is 9.49. The number of hydrogen-bond acceptors (Lipinski definition) is 8. The predicted octanol–water partition coefficient (Wildman–Crippen LogP) is 4.66. The lowest BCUT2D eigenvalue weighted by atomic mass is 10.1. The van der Waals surface area contributed by atoms with E-state index in [9.17, 15) is 19.2 Å². The van der Waals surface area contributed by atoms with Crippen molar-refractivity contribution in [3.63, 3.8) is 0 Å². The Kier molecular flexibility index (Phi) is 8.68. The minimum Gasteiger partial charge on any atom is -0.491 e. The summed E-state index contributed by atoms with van der Waals surface area (Å²) in [6, 6.07) is 13.3. The molecule has 2 aromatic carbocycles. The zero-order valence-electron chi connectivity index (χ0n) is 20.9. The molecule has 0 saturated heterocycles. The van der Waals surface area contributed by atoms with Crippen molar-refractivity contribution < 1.29 is 38.1 Å². The summed E-state index contributed by atoms with van der Waals surface area (Å²) < 4.78 is 21.5. The van der Waals surface area contributed by atoms with E-state index < -0.39 is 36.1 Å². The highest BCUT2D eigenvalue weighted by molar-refractivity contribution is 6.12. The summed E-state index contributed by atoms with van der Waals surface area (Å²) in [4.78, 5) is 50.6. The molecule has 1 aliphatic carbocycles. The summed E-state index contributed by atoms with van der Waals surface area (Å²) in [6.07, 6.45) is 1.18. The van der Waals surface area contributed by atoms with Crippen molar-refractivity contribution in [1.82, 2.24) is 0 Å². The van der Waals surface area contributed by atoms with Crippen molar-refractivity contribution in [2.75, 3.05) is 18.1 Å². The van der Waals surface area contributed by atoms with Crippen LogP contribution in [0.1, 0.15) is 56.5 Å². The molecule has 0 bridgehead atoms. The molecule has 0 N–H and O–H groups in total. The Balaban J connectivity index is 1.71. The van der Waals surface area contributed by atoms with E-state index in [-0.39, 0.29) is 23.6 Å². The summed E-state index contributed by atoms with van der Waals surface area (Å²) in [5.41, 5.74) is 0.230. The van der Waals surface area contributed by atoms with Gasteiger partial charge in [0.25, 0.3) is 0 Å². The fourth-order valence-electron chi connectivity index (χ4n) is 3.13. The highest BCUT2D eigenvalue weighted by Crippen LogP contribution is 2.35. The SMILES string of the molecule is CC(=O)N(C(=O)OC(C)(C)C)c1ccc(C(=O)OCC(=O)OCc2ccccc2)cc1OCC1CC1. The zero-order valence-corrected chi connectivity index (χ0v) is 20.9. The zero-order chi connectivity index (χ0) is 26.3. The Morgan fingerprint density at radius 1 is 0.972 bits per heavy atom. The number of ether oxygens (including phenoxy) is 4. The van der Waals surface area contributed by atoms with Crippen molar-refractivity contribution >= 4 is 29.6 Å². The van der Waals surface area contributed by atoms with E-state index in [0.717, 1.165) is 23.3 Å². The minimum absolute atomic E-state index is 0.0661. The Hall–Kier alpha value is -3.88. The van der Waals surface area contributed by atoms with Crippen LogP contribution in [0.5, 0.6) is 5.75 Å². The van der Waals surface area contributed by atoms with Gasteiger partial charge < -0.3 is 18.9 Å². The summed E-state index contributed by atoms with van der Waals surface area (Å²) in [5.74, 6) is -1.51. The van der Waals surface area contributed by atoms with E-state index in [2.05, 4.69) is 0 Å². The van der Waals surface area contributed by atoms with E-state index in [1.54, 1.807) is 20.8 Å². The number of carbonyl (C=O) groups excluding carboxylic acids is 4. The number of benzene rings is 2. The predicted molar refractivity (Wildman–Crippen MR) is 131 cm³/mol. The summed E-state index contributed by atoms with van der Waals surface area (Å²) in [7, 11) is 0. The summed E-state index contributed by atoms with van der Waals surface area (Å²) >= 11 is 0. The van der Waals surface area contributed by atoms with Gasteiger partial charge in [-0.1, -0.05) is 30.3 Å². The largest absolute Gasteiger partial charge is 0.491 e. The van der Waals surface area contributed by atoms with Crippen LogP contribution in [0.25, 0.3) is 0 Å². The summed E-state index contributed by atoms with van der Waals surface area (Å²) in [6.45, 7) is 6.18. The van der Waals surface area contributed by atoms with Gasteiger partial charge in [0, 0.05) is 6.92 Å². The molecule has 0 unspecified atom stereocenters. The number of carbonyl (C=O) groups is 4. The van der Waals surface area contributed by atoms with E-state index in [4.69, 9.17) is 18.9 Å². The fourth-order valence-corrected chi connectivity index (χ4v) is 3.13. The highest BCUT2D eigenvalue weighted by atomic mass is 16.6. The molecule has 1 saturated carbocycles. The number of amides is 2. The molecular weight excluding hydrogens is 466 g/mol. The third-order valence-electron chi connectivity index (χ3n) is 5.06. The van der Waals surface area contributed by atoms with Crippen LogP contribution >= 0.6 is 0 Å². The van der Waals surface area contributed by atoms with Gasteiger partial charge in [-0.2, -0.15) is 0 Å². The smallest absolute Gasteiger partial charge is 0.421 e. The maximum absolute atomic E-state index is 12.7. The Labute approximate surface area is 210 Å². The molecule has 0 radical (unpaired) electrons. The number of rotatable bonds is 9. The maximum atomic E-state index is 12.7. The van der Waals surface area contributed by atoms with E-state index >= 15 is 0 Å². The Morgan fingerprint density at radius 3 is 2.28 bits per heavy atom. The van der Waals surface area contributed by atoms with E-state index in [1.807, 2.05) is 30.3 Å². The second-order valence-corrected chi connectivity index (χ2v) is 9.49. The van der Waals surface area contributed by atoms with E-state index in [0.29, 0.717) is 12.5 Å². The molecule has 36 heavy (non-hydrogen) atoms. The third-order valence-corrected chi connectivity index (χ3v) is 5.06. The molecule has 2 amide bonds. The van der Waals surface area contributed by atoms with Crippen LogP contribution in [0.3, 0.4) is 0 Å². The molecule has 2 aromatic rings. The topological polar surface area (TPSA) is 108 Å². The first-order chi connectivity index (χ1) is 17.0. The molecule has 1 aliphatic rings. The van der Waals surface area contributed by atoms with Crippen LogP contribution in [0, 0.1) is 5.92 Å². The van der Waals surface area contributed by atoms with E-state index in [1.165, 1.54) is 25.1 Å². The molecule has 3 rings (SSSR count). The van der Waals surface area contributed by atoms with Gasteiger partial charge in [-0.15, -0.1) is 0 Å². The van der Waals surface area contributed by atoms with Crippen molar-refractivity contribution in [1.29, 1.82) is 0 Å². The molecule has 1 fully saturated rings. The third kappa shape index (κ3) is 8.11. The highest BCUT2D eigenvalue weighted by Gasteiger charge is 2.30. The molecule has 9 nitrogen and oxygen atoms in total. The van der Waals surface area contributed by atoms with Gasteiger partial charge in [0.2, 0.25) is 5.91 Å². The number of anilines is 1. The maximum Gasteiger partial charge on any atom is 0.421 e. The van der Waals surface area contributed by atoms with Gasteiger partial charge in [0.15, 0.2) is 6.61 Å². The summed E-state index contributed by atoms with van der Waals surface area (Å²) in [5, 5.41) is 0. The average Bonchev–Trinajstić information content (AvgIpc) is 3.64. The molecule has 192 valence electrons. The monoisotopic (exact) mass is 497 g/mol. The molecular formula is C27H31NO8. The average molecular weight is 498 g/mol. The lowest BCUT2D eigenvalue weighted by Gasteiger charge is -2.26. The number of imide groups is 1. The van der Waals surface area contributed by atoms with Crippen LogP contribution < -0.4 is 9.64 Å². The standard InChI is InChI=1S/C27H31NO8/c1-18(29)28(26(32)36-27(2,3)4)22-13-12-21(14-23(22)33-15-20-10-11-20)25(31)35-17-24(30)34-16-19-8-6-5-7-9-19/h5-9,12-14,20H,10-11,15-17H2,1-4H3. The van der Waals surface area contributed by atoms with Crippen molar-refractivity contribution in [3.8, 4) is 5.75 Å². The quantitative estimate of drug-likeness (QED) is 0.363. The first-order valence-corrected chi connectivity index (χ1v) is 11.7. The van der Waals surface area contributed by atoms with Gasteiger partial charge >= 0.3 is 18.0 Å². The second kappa shape index (κ2) is 11.7. The number of nitrogens with zero attached hydrogens (tertiary/aromatic N) is 1. The van der Waals surface area contributed by atoms with Crippen LogP contribution in [-0.2, 0) is 30.4 Å². The van der Waals surface area contributed by atoms with Crippen molar-refractivity contribution in [3.05, 3.63) is 59.7 Å². The van der Waals surface area contributed by atoms with Crippen LogP contribution in [0.4, 0.5) is 10.5 Å². The molecule has 0 aromatic heterocycles. The van der Waals surface area contributed by atoms with Gasteiger partial charge in [0.05, 0.1) is 17.9 Å². The minimum atomic E-state index is -0.859. The number of hydrogen-bond donors (Lipinski definition) is 0. The van der Waals surface area contributed by atoms with Gasteiger partial charge in [0.1, 0.15) is 18.0 Å². The lowest BCUT2D eigenvalue weighted by molar-refractivity contribution is -0.148. The molecule has 0 heterocycles. The van der Waals surface area contributed by atoms with Crippen molar-refractivity contribution in [2.24, 2.45) is 5.92 Å². The normalized spacial score (nSPS) is 12.9.